The second-order valence-corrected chi connectivity index (χ2v) is 6.45. The second kappa shape index (κ2) is 8.14. The predicted octanol–water partition coefficient (Wildman–Crippen LogP) is 3.72. The number of ether oxygens (including phenoxy) is 2. The number of halogens is 1. The molecule has 2 N–H and O–H groups in total. The first-order valence-electron chi connectivity index (χ1n) is 8.32. The molecule has 6 nitrogen and oxygen atoms in total. The summed E-state index contributed by atoms with van der Waals surface area (Å²) in [4.78, 5) is 24.3. The zero-order valence-electron chi connectivity index (χ0n) is 14.9. The molecule has 0 radical (unpaired) electrons. The number of carbonyl (C=O) groups is 2. The second-order valence-electron chi connectivity index (χ2n) is 6.02. The summed E-state index contributed by atoms with van der Waals surface area (Å²) in [6, 6.07) is 13.6. The Morgan fingerprint density at radius 2 is 1.93 bits per heavy atom. The van der Waals surface area contributed by atoms with Crippen LogP contribution in [0.2, 0.25) is 5.02 Å². The molecular weight excluding hydrogens is 368 g/mol. The fraction of sp³-hybridized carbons (Fsp3) is 0.200. The van der Waals surface area contributed by atoms with Crippen LogP contribution in [-0.4, -0.2) is 19.1 Å². The van der Waals surface area contributed by atoms with Gasteiger partial charge in [-0.25, -0.2) is 9.59 Å². The predicted molar refractivity (Wildman–Crippen MR) is 101 cm³/mol. The summed E-state index contributed by atoms with van der Waals surface area (Å²) < 4.78 is 10.8. The van der Waals surface area contributed by atoms with Gasteiger partial charge in [0, 0.05) is 16.3 Å². The number of rotatable bonds is 5. The van der Waals surface area contributed by atoms with Gasteiger partial charge in [-0.15, -0.1) is 0 Å². The Bertz CT molecular complexity index is 896. The van der Waals surface area contributed by atoms with Gasteiger partial charge in [0.15, 0.2) is 0 Å². The highest BCUT2D eigenvalue weighted by Gasteiger charge is 2.33. The van der Waals surface area contributed by atoms with Crippen molar-refractivity contribution >= 4 is 23.6 Å². The Kier molecular flexibility index (Phi) is 5.66. The molecule has 1 heterocycles. The third kappa shape index (κ3) is 4.23. The normalized spacial score (nSPS) is 16.4. The van der Waals surface area contributed by atoms with Crippen molar-refractivity contribution in [1.82, 2.24) is 10.6 Å². The highest BCUT2D eigenvalue weighted by molar-refractivity contribution is 6.30. The lowest BCUT2D eigenvalue weighted by atomic mass is 9.95. The van der Waals surface area contributed by atoms with E-state index in [-0.39, 0.29) is 0 Å². The van der Waals surface area contributed by atoms with Crippen molar-refractivity contribution in [3.8, 4) is 5.75 Å². The number of methoxy groups -OCH3 is 1. The third-order valence-electron chi connectivity index (χ3n) is 4.19. The first kappa shape index (κ1) is 18.8. The maximum absolute atomic E-state index is 12.3. The molecule has 7 heteroatoms. The van der Waals surface area contributed by atoms with Gasteiger partial charge < -0.3 is 20.1 Å². The van der Waals surface area contributed by atoms with E-state index in [0.717, 1.165) is 5.56 Å². The van der Waals surface area contributed by atoms with Gasteiger partial charge in [-0.05, 0) is 30.7 Å². The number of hydrogen-bond acceptors (Lipinski definition) is 4. The zero-order chi connectivity index (χ0) is 19.4. The lowest BCUT2D eigenvalue weighted by Crippen LogP contribution is -2.45. The molecule has 0 unspecified atom stereocenters. The highest BCUT2D eigenvalue weighted by Crippen LogP contribution is 2.35. The molecule has 2 amide bonds. The summed E-state index contributed by atoms with van der Waals surface area (Å²) in [5.41, 5.74) is 2.29. The molecule has 2 aromatic rings. The largest absolute Gasteiger partial charge is 0.489 e. The third-order valence-corrected chi connectivity index (χ3v) is 4.43. The summed E-state index contributed by atoms with van der Waals surface area (Å²) >= 11 is 6.17. The number of benzene rings is 2. The van der Waals surface area contributed by atoms with Crippen molar-refractivity contribution < 1.29 is 19.1 Å². The number of nitrogens with one attached hydrogen (secondary N) is 2. The summed E-state index contributed by atoms with van der Waals surface area (Å²) in [5.74, 6) is -0.0244. The van der Waals surface area contributed by atoms with Crippen LogP contribution in [0.5, 0.6) is 5.75 Å². The van der Waals surface area contributed by atoms with Gasteiger partial charge in [0.1, 0.15) is 12.4 Å². The molecule has 0 spiro atoms. The smallest absolute Gasteiger partial charge is 0.337 e. The van der Waals surface area contributed by atoms with Gasteiger partial charge in [0.25, 0.3) is 0 Å². The maximum atomic E-state index is 12.3. The van der Waals surface area contributed by atoms with Crippen LogP contribution < -0.4 is 15.4 Å². The highest BCUT2D eigenvalue weighted by atomic mass is 35.5. The van der Waals surface area contributed by atoms with Crippen molar-refractivity contribution in [2.75, 3.05) is 7.11 Å². The number of amides is 2. The van der Waals surface area contributed by atoms with Crippen LogP contribution in [0, 0.1) is 0 Å². The monoisotopic (exact) mass is 386 g/mol. The zero-order valence-corrected chi connectivity index (χ0v) is 15.7. The van der Waals surface area contributed by atoms with E-state index in [1.807, 2.05) is 30.3 Å². The molecule has 0 bridgehead atoms. The number of hydrogen-bond donors (Lipinski definition) is 2. The van der Waals surface area contributed by atoms with E-state index in [0.29, 0.717) is 34.2 Å². The first-order valence-corrected chi connectivity index (χ1v) is 8.70. The standard InChI is InChI=1S/C20H19ClN2O4/c1-12-17(19(24)26-2)18(23-20(25)22-12)15-10-14(21)8-9-16(15)27-11-13-6-4-3-5-7-13/h3-10,18H,11H2,1-2H3,(H2,22,23,25)/t18-/m1/s1. The number of carbonyl (C=O) groups excluding carboxylic acids is 2. The average Bonchev–Trinajstić information content (AvgIpc) is 2.66. The minimum atomic E-state index is -0.740. The van der Waals surface area contributed by atoms with Crippen molar-refractivity contribution in [2.45, 2.75) is 19.6 Å². The van der Waals surface area contributed by atoms with Crippen molar-refractivity contribution in [3.05, 3.63) is 76.0 Å². The quantitative estimate of drug-likeness (QED) is 0.768. The Labute approximate surface area is 162 Å². The maximum Gasteiger partial charge on any atom is 0.337 e. The molecule has 0 saturated heterocycles. The van der Waals surface area contributed by atoms with Crippen LogP contribution >= 0.6 is 11.6 Å². The van der Waals surface area contributed by atoms with E-state index in [1.54, 1.807) is 25.1 Å². The summed E-state index contributed by atoms with van der Waals surface area (Å²) in [6.07, 6.45) is 0. The summed E-state index contributed by atoms with van der Waals surface area (Å²) in [6.45, 7) is 1.98. The van der Waals surface area contributed by atoms with Crippen LogP contribution in [0.25, 0.3) is 0 Å². The van der Waals surface area contributed by atoms with Gasteiger partial charge in [-0.3, -0.25) is 0 Å². The van der Waals surface area contributed by atoms with Crippen molar-refractivity contribution in [1.29, 1.82) is 0 Å². The Hall–Kier alpha value is -2.99. The molecule has 1 atom stereocenters. The summed E-state index contributed by atoms with van der Waals surface area (Å²) in [5, 5.41) is 5.80. The molecule has 3 rings (SSSR count). The molecule has 1 aliphatic heterocycles. The topological polar surface area (TPSA) is 76.7 Å². The Morgan fingerprint density at radius 3 is 2.63 bits per heavy atom. The molecule has 0 fully saturated rings. The van der Waals surface area contributed by atoms with Crippen LogP contribution in [-0.2, 0) is 16.1 Å². The molecular formula is C20H19ClN2O4. The molecule has 0 aromatic heterocycles. The fourth-order valence-corrected chi connectivity index (χ4v) is 3.10. The number of allylic oxidation sites excluding steroid dienone is 1. The van der Waals surface area contributed by atoms with E-state index in [9.17, 15) is 9.59 Å². The lowest BCUT2D eigenvalue weighted by Gasteiger charge is -2.29. The van der Waals surface area contributed by atoms with E-state index in [2.05, 4.69) is 10.6 Å². The molecule has 140 valence electrons. The molecule has 27 heavy (non-hydrogen) atoms. The van der Waals surface area contributed by atoms with Crippen molar-refractivity contribution in [3.63, 3.8) is 0 Å². The van der Waals surface area contributed by atoms with Crippen LogP contribution in [0.1, 0.15) is 24.1 Å². The SMILES string of the molecule is COC(=O)C1=C(C)NC(=O)N[C@@H]1c1cc(Cl)ccc1OCc1ccccc1. The Morgan fingerprint density at radius 1 is 1.19 bits per heavy atom. The van der Waals surface area contributed by atoms with Crippen molar-refractivity contribution in [2.24, 2.45) is 0 Å². The van der Waals surface area contributed by atoms with E-state index >= 15 is 0 Å². The first-order chi connectivity index (χ1) is 13.0. The Balaban J connectivity index is 1.98. The number of esters is 1. The van der Waals surface area contributed by atoms with E-state index < -0.39 is 18.0 Å². The van der Waals surface area contributed by atoms with E-state index in [1.165, 1.54) is 7.11 Å². The summed E-state index contributed by atoms with van der Waals surface area (Å²) in [7, 11) is 1.29. The fourth-order valence-electron chi connectivity index (χ4n) is 2.92. The molecule has 0 aliphatic carbocycles. The van der Waals surface area contributed by atoms with Gasteiger partial charge in [-0.1, -0.05) is 41.9 Å². The van der Waals surface area contributed by atoms with Gasteiger partial charge in [-0.2, -0.15) is 0 Å². The van der Waals surface area contributed by atoms with Crippen LogP contribution in [0.4, 0.5) is 4.79 Å². The van der Waals surface area contributed by atoms with Gasteiger partial charge in [0.05, 0.1) is 18.7 Å². The van der Waals surface area contributed by atoms with Crippen LogP contribution in [0.3, 0.4) is 0 Å². The van der Waals surface area contributed by atoms with E-state index in [4.69, 9.17) is 21.1 Å². The molecule has 1 aliphatic rings. The number of urea groups is 1. The average molecular weight is 387 g/mol. The minimum absolute atomic E-state index is 0.295. The minimum Gasteiger partial charge on any atom is -0.489 e. The molecule has 2 aromatic carbocycles. The van der Waals surface area contributed by atoms with Gasteiger partial charge >= 0.3 is 12.0 Å². The molecule has 0 saturated carbocycles. The van der Waals surface area contributed by atoms with Gasteiger partial charge in [0.2, 0.25) is 0 Å². The van der Waals surface area contributed by atoms with Crippen LogP contribution in [0.15, 0.2) is 59.8 Å². The lowest BCUT2D eigenvalue weighted by molar-refractivity contribution is -0.136.